The molecule has 3 heteroatoms. The Kier molecular flexibility index (Phi) is 3.46. The summed E-state index contributed by atoms with van der Waals surface area (Å²) in [7, 11) is 0. The summed E-state index contributed by atoms with van der Waals surface area (Å²) in [5.41, 5.74) is -0.0611. The Morgan fingerprint density at radius 3 is 2.61 bits per heavy atom. The molecule has 1 saturated carbocycles. The van der Waals surface area contributed by atoms with E-state index in [-0.39, 0.29) is 5.41 Å². The first-order chi connectivity index (χ1) is 8.69. The third kappa shape index (κ3) is 2.48. The van der Waals surface area contributed by atoms with Gasteiger partial charge in [-0.15, -0.1) is 0 Å². The highest BCUT2D eigenvalue weighted by molar-refractivity contribution is 5.60. The molecule has 2 bridgehead atoms. The molecule has 3 fully saturated rings. The number of carbonyl (C=O) groups excluding carboxylic acids is 1. The van der Waals surface area contributed by atoms with Crippen molar-refractivity contribution >= 4 is 6.29 Å². The lowest BCUT2D eigenvalue weighted by Crippen LogP contribution is -2.49. The van der Waals surface area contributed by atoms with Crippen molar-refractivity contribution in [2.45, 2.75) is 57.7 Å². The van der Waals surface area contributed by atoms with Crippen LogP contribution in [0.25, 0.3) is 0 Å². The van der Waals surface area contributed by atoms with E-state index in [1.807, 2.05) is 0 Å². The van der Waals surface area contributed by atoms with E-state index in [4.69, 9.17) is 4.74 Å². The van der Waals surface area contributed by atoms with Crippen LogP contribution < -0.4 is 0 Å². The van der Waals surface area contributed by atoms with Gasteiger partial charge in [0.2, 0.25) is 0 Å². The zero-order chi connectivity index (χ0) is 12.6. The van der Waals surface area contributed by atoms with Crippen LogP contribution in [0.5, 0.6) is 0 Å². The van der Waals surface area contributed by atoms with Crippen LogP contribution in [0, 0.1) is 11.3 Å². The predicted molar refractivity (Wildman–Crippen MR) is 70.5 cm³/mol. The van der Waals surface area contributed by atoms with Crippen molar-refractivity contribution in [2.24, 2.45) is 11.3 Å². The first kappa shape index (κ1) is 12.6. The minimum atomic E-state index is -0.0611. The highest BCUT2D eigenvalue weighted by Gasteiger charge is 2.40. The van der Waals surface area contributed by atoms with Gasteiger partial charge in [-0.05, 0) is 31.6 Å². The second kappa shape index (κ2) is 4.93. The molecule has 18 heavy (non-hydrogen) atoms. The Labute approximate surface area is 110 Å². The van der Waals surface area contributed by atoms with Gasteiger partial charge in [-0.1, -0.05) is 19.8 Å². The second-order valence-electron chi connectivity index (χ2n) is 6.83. The number of rotatable bonds is 3. The van der Waals surface area contributed by atoms with Crippen LogP contribution in [0.1, 0.15) is 45.4 Å². The van der Waals surface area contributed by atoms with Gasteiger partial charge in [0, 0.05) is 25.0 Å². The van der Waals surface area contributed by atoms with Gasteiger partial charge in [-0.25, -0.2) is 0 Å². The molecular weight excluding hydrogens is 226 g/mol. The Morgan fingerprint density at radius 1 is 1.28 bits per heavy atom. The quantitative estimate of drug-likeness (QED) is 0.721. The van der Waals surface area contributed by atoms with E-state index in [0.29, 0.717) is 18.1 Å². The molecule has 3 nitrogen and oxygen atoms in total. The highest BCUT2D eigenvalue weighted by Crippen LogP contribution is 2.39. The van der Waals surface area contributed by atoms with E-state index >= 15 is 0 Å². The number of ether oxygens (including phenoxy) is 1. The van der Waals surface area contributed by atoms with Crippen LogP contribution >= 0.6 is 0 Å². The summed E-state index contributed by atoms with van der Waals surface area (Å²) in [6.07, 6.45) is 9.26. The molecule has 0 spiro atoms. The van der Waals surface area contributed by atoms with E-state index in [0.717, 1.165) is 32.5 Å². The summed E-state index contributed by atoms with van der Waals surface area (Å²) < 4.78 is 5.87. The molecule has 2 saturated heterocycles. The van der Waals surface area contributed by atoms with Gasteiger partial charge in [0.25, 0.3) is 0 Å². The van der Waals surface area contributed by atoms with Gasteiger partial charge in [0.1, 0.15) is 6.29 Å². The van der Waals surface area contributed by atoms with Crippen molar-refractivity contribution < 1.29 is 9.53 Å². The van der Waals surface area contributed by atoms with Crippen molar-refractivity contribution in [3.63, 3.8) is 0 Å². The fraction of sp³-hybridized carbons (Fsp3) is 0.933. The first-order valence-electron chi connectivity index (χ1n) is 7.53. The maximum atomic E-state index is 11.6. The first-order valence-corrected chi connectivity index (χ1v) is 7.53. The third-order valence-electron chi connectivity index (χ3n) is 5.03. The molecule has 0 aromatic heterocycles. The van der Waals surface area contributed by atoms with Gasteiger partial charge in [-0.2, -0.15) is 0 Å². The lowest BCUT2D eigenvalue weighted by molar-refractivity contribution is -0.122. The van der Waals surface area contributed by atoms with E-state index in [2.05, 4.69) is 11.8 Å². The number of nitrogens with zero attached hydrogens (tertiary/aromatic N) is 1. The van der Waals surface area contributed by atoms with Crippen LogP contribution in [0.2, 0.25) is 0 Å². The molecule has 0 aromatic rings. The molecule has 0 amide bonds. The molecular formula is C15H25NO2. The Hall–Kier alpha value is -0.410. The Morgan fingerprint density at radius 2 is 2.00 bits per heavy atom. The summed E-state index contributed by atoms with van der Waals surface area (Å²) in [6, 6.07) is 0. The topological polar surface area (TPSA) is 29.5 Å². The van der Waals surface area contributed by atoms with Crippen molar-refractivity contribution in [1.29, 1.82) is 0 Å². The van der Waals surface area contributed by atoms with Crippen molar-refractivity contribution in [3.8, 4) is 0 Å². The van der Waals surface area contributed by atoms with E-state index in [1.54, 1.807) is 0 Å². The third-order valence-corrected chi connectivity index (χ3v) is 5.03. The van der Waals surface area contributed by atoms with E-state index < -0.39 is 0 Å². The van der Waals surface area contributed by atoms with Crippen LogP contribution in [0.3, 0.4) is 0 Å². The van der Waals surface area contributed by atoms with E-state index in [1.165, 1.54) is 32.0 Å². The smallest absolute Gasteiger partial charge is 0.127 e. The number of fused-ring (bicyclic) bond motifs is 2. The molecule has 0 radical (unpaired) electrons. The summed E-state index contributed by atoms with van der Waals surface area (Å²) in [5.74, 6) is 0.710. The molecule has 0 aromatic carbocycles. The number of aldehydes is 1. The minimum absolute atomic E-state index is 0.0611. The number of likely N-dealkylation sites (tertiary alicyclic amines) is 1. The fourth-order valence-electron chi connectivity index (χ4n) is 4.26. The standard InChI is InChI=1S/C15H25NO2/c1-12-3-2-6-15(7-12,11-17)10-16-8-13-4-5-14(9-16)18-13/h11-14H,2-10H2,1H3. The summed E-state index contributed by atoms with van der Waals surface area (Å²) in [5, 5.41) is 0. The zero-order valence-electron chi connectivity index (χ0n) is 11.4. The zero-order valence-corrected chi connectivity index (χ0v) is 11.4. The lowest BCUT2D eigenvalue weighted by Gasteiger charge is -2.41. The molecule has 3 aliphatic rings. The SMILES string of the molecule is CC1CCCC(C=O)(CN2CC3CCC(C2)O3)C1. The number of hydrogen-bond donors (Lipinski definition) is 0. The summed E-state index contributed by atoms with van der Waals surface area (Å²) in [4.78, 5) is 14.1. The van der Waals surface area contributed by atoms with Gasteiger partial charge in [0.05, 0.1) is 12.2 Å². The molecule has 3 rings (SSSR count). The van der Waals surface area contributed by atoms with Crippen LogP contribution in [-0.4, -0.2) is 43.0 Å². The van der Waals surface area contributed by atoms with Crippen molar-refractivity contribution in [2.75, 3.05) is 19.6 Å². The summed E-state index contributed by atoms with van der Waals surface area (Å²) >= 11 is 0. The monoisotopic (exact) mass is 251 g/mol. The van der Waals surface area contributed by atoms with Crippen LogP contribution in [0.4, 0.5) is 0 Å². The van der Waals surface area contributed by atoms with Gasteiger partial charge in [-0.3, -0.25) is 4.90 Å². The Balaban J connectivity index is 1.64. The second-order valence-corrected chi connectivity index (χ2v) is 6.83. The highest BCUT2D eigenvalue weighted by atomic mass is 16.5. The van der Waals surface area contributed by atoms with Gasteiger partial charge >= 0.3 is 0 Å². The largest absolute Gasteiger partial charge is 0.372 e. The fourth-order valence-corrected chi connectivity index (χ4v) is 4.26. The van der Waals surface area contributed by atoms with Crippen LogP contribution in [0.15, 0.2) is 0 Å². The number of morpholine rings is 1. The van der Waals surface area contributed by atoms with Gasteiger partial charge in [0.15, 0.2) is 0 Å². The Bertz CT molecular complexity index is 308. The van der Waals surface area contributed by atoms with Crippen molar-refractivity contribution in [1.82, 2.24) is 4.90 Å². The number of hydrogen-bond acceptors (Lipinski definition) is 3. The lowest BCUT2D eigenvalue weighted by atomic mass is 9.70. The summed E-state index contributed by atoms with van der Waals surface area (Å²) in [6.45, 7) is 5.35. The molecule has 0 N–H and O–H groups in total. The molecule has 1 aliphatic carbocycles. The van der Waals surface area contributed by atoms with Gasteiger partial charge < -0.3 is 9.53 Å². The van der Waals surface area contributed by atoms with Crippen LogP contribution in [-0.2, 0) is 9.53 Å². The normalized spacial score (nSPS) is 45.1. The van der Waals surface area contributed by atoms with Crippen molar-refractivity contribution in [3.05, 3.63) is 0 Å². The molecule has 102 valence electrons. The number of carbonyl (C=O) groups is 1. The predicted octanol–water partition coefficient (Wildman–Crippen LogP) is 2.25. The molecule has 4 unspecified atom stereocenters. The maximum Gasteiger partial charge on any atom is 0.127 e. The molecule has 2 aliphatic heterocycles. The minimum Gasteiger partial charge on any atom is -0.372 e. The van der Waals surface area contributed by atoms with E-state index in [9.17, 15) is 4.79 Å². The molecule has 2 heterocycles. The average molecular weight is 251 g/mol. The molecule has 4 atom stereocenters. The average Bonchev–Trinajstić information content (AvgIpc) is 2.69. The maximum absolute atomic E-state index is 11.6.